The molecule has 1 aromatic carbocycles. The fourth-order valence-corrected chi connectivity index (χ4v) is 8.85. The van der Waals surface area contributed by atoms with Crippen molar-refractivity contribution < 1.29 is 74.0 Å². The topological polar surface area (TPSA) is 99.1 Å². The fraction of sp³-hybridized carbons (Fsp3) is 0.541. The summed E-state index contributed by atoms with van der Waals surface area (Å²) in [4.78, 5) is 9.54. The Kier molecular flexibility index (Phi) is 12.0. The molecule has 4 fully saturated rings. The van der Waals surface area contributed by atoms with E-state index in [2.05, 4.69) is 27.3 Å². The average Bonchev–Trinajstić information content (AvgIpc) is 3.39. The van der Waals surface area contributed by atoms with E-state index in [0.717, 1.165) is 67.8 Å². The number of nitrogens with two attached hydrogens (primary N) is 1. The maximum atomic E-state index is 17.0. The van der Waals surface area contributed by atoms with E-state index in [9.17, 15) is 9.65 Å². The van der Waals surface area contributed by atoms with Gasteiger partial charge in [0.2, 0.25) is 0 Å². The number of nitrogens with zero attached hydrogens (tertiary/aromatic N) is 4. The largest absolute Gasteiger partial charge is 1.00 e. The van der Waals surface area contributed by atoms with E-state index >= 15 is 8.78 Å². The van der Waals surface area contributed by atoms with Crippen molar-refractivity contribution in [3.8, 4) is 6.07 Å². The number of piperazine rings is 1. The third-order valence-electron chi connectivity index (χ3n) is 10.8. The number of halogens is 3. The average molecular weight is 732 g/mol. The summed E-state index contributed by atoms with van der Waals surface area (Å²) in [6.07, 6.45) is 5.19. The second kappa shape index (κ2) is 15.7. The van der Waals surface area contributed by atoms with Gasteiger partial charge in [-0.2, -0.15) is 5.26 Å². The van der Waals surface area contributed by atoms with Crippen LogP contribution < -0.4 is 62.4 Å². The summed E-state index contributed by atoms with van der Waals surface area (Å²) in [6, 6.07) is 5.61. The third-order valence-corrected chi connectivity index (χ3v) is 11.8. The van der Waals surface area contributed by atoms with Gasteiger partial charge in [-0.15, -0.1) is 28.5 Å². The molecule has 5 heterocycles. The first kappa shape index (κ1) is 38.0. The summed E-state index contributed by atoms with van der Waals surface area (Å²) >= 11 is 0.992. The molecule has 50 heavy (non-hydrogen) atoms. The van der Waals surface area contributed by atoms with Crippen molar-refractivity contribution in [2.45, 2.75) is 84.3 Å². The number of nitriles is 1. The van der Waals surface area contributed by atoms with Crippen LogP contribution in [0.3, 0.4) is 0 Å². The molecule has 2 unspecified atom stereocenters. The number of alkyl halides is 1. The number of aliphatic imine (C=N–C) groups is 1. The van der Waals surface area contributed by atoms with Gasteiger partial charge in [0, 0.05) is 74.8 Å². The van der Waals surface area contributed by atoms with Gasteiger partial charge in [0.05, 0.1) is 17.0 Å². The zero-order valence-corrected chi connectivity index (χ0v) is 33.2. The molecule has 8 nitrogen and oxygen atoms in total. The number of nitrogen functional groups attached to an aromatic ring is 1. The standard InChI is InChI=1S/C37H43F3N6O2S.K/c1-4-21(3)31(33-26(11-41)35(42)49-34(33)29(39)5-2)32-28-17-47-16-27(28)25(10-30(32)40)36(46-23-6-7-24(46)13-43-12-23)44-20-48-19-37(8-9-37)18-45-14-22(38)15-45;/h5,20,22-24,43H,4,6-9,12-19,42H2,1-3H3;/q-2;+1/b29-5+,31-21+,44-36+;. The molecule has 3 saturated heterocycles. The Balaban J connectivity index is 0.00000432. The number of likely N-dealkylation sites (tertiary alicyclic amines) is 1. The van der Waals surface area contributed by atoms with Gasteiger partial charge in [0.25, 0.3) is 0 Å². The molecule has 262 valence electrons. The predicted octanol–water partition coefficient (Wildman–Crippen LogP) is 3.49. The number of hydrogen-bond acceptors (Lipinski definition) is 8. The number of hydrogen-bond donors (Lipinski definition) is 2. The summed E-state index contributed by atoms with van der Waals surface area (Å²) in [6.45, 7) is 11.1. The van der Waals surface area contributed by atoms with Crippen LogP contribution in [-0.2, 0) is 22.7 Å². The first-order valence-electron chi connectivity index (χ1n) is 17.2. The Morgan fingerprint density at radius 3 is 2.56 bits per heavy atom. The van der Waals surface area contributed by atoms with Crippen LogP contribution in [0.5, 0.6) is 0 Å². The van der Waals surface area contributed by atoms with Crippen LogP contribution in [0, 0.1) is 35.4 Å². The third kappa shape index (κ3) is 7.15. The van der Waals surface area contributed by atoms with Gasteiger partial charge in [-0.05, 0) is 64.1 Å². The maximum Gasteiger partial charge on any atom is 1.00 e. The first-order valence-corrected chi connectivity index (χ1v) is 18.1. The molecule has 0 spiro atoms. The van der Waals surface area contributed by atoms with Crippen LogP contribution in [0.15, 0.2) is 16.6 Å². The first-order chi connectivity index (χ1) is 23.7. The van der Waals surface area contributed by atoms with E-state index in [1.165, 1.54) is 12.8 Å². The monoisotopic (exact) mass is 731 g/mol. The molecule has 3 N–H and O–H groups in total. The SMILES string of the molecule is C/C=C(/F)c1sc(N)c(C#N)c1/C(=C(\C)CC)c1c(F)[c-]c(/C(=N\[CH-]OCC2(CN3CC(F)C3)CC2)N2C3CCC2CNC3)c2c1COC2.[K+]. The Morgan fingerprint density at radius 2 is 1.94 bits per heavy atom. The smallest absolute Gasteiger partial charge is 0.427 e. The van der Waals surface area contributed by atoms with Crippen molar-refractivity contribution in [2.75, 3.05) is 45.1 Å². The number of fused-ring (bicyclic) bond motifs is 3. The van der Waals surface area contributed by atoms with Crippen molar-refractivity contribution in [1.82, 2.24) is 15.1 Å². The molecular weight excluding hydrogens is 689 g/mol. The summed E-state index contributed by atoms with van der Waals surface area (Å²) in [7, 11) is 0. The molecule has 0 amide bonds. The molecule has 1 aromatic heterocycles. The van der Waals surface area contributed by atoms with Crippen LogP contribution in [-0.4, -0.2) is 73.2 Å². The van der Waals surface area contributed by atoms with Crippen molar-refractivity contribution >= 4 is 33.6 Å². The predicted molar refractivity (Wildman–Crippen MR) is 185 cm³/mol. The number of benzene rings is 1. The number of amidine groups is 1. The Labute approximate surface area is 339 Å². The minimum absolute atomic E-state index is 0. The second-order valence-electron chi connectivity index (χ2n) is 14.1. The summed E-state index contributed by atoms with van der Waals surface area (Å²) < 4.78 is 57.8. The minimum atomic E-state index is -0.732. The van der Waals surface area contributed by atoms with Gasteiger partial charge in [0.15, 0.2) is 0 Å². The molecule has 4 aliphatic heterocycles. The number of ether oxygens (including phenoxy) is 2. The van der Waals surface area contributed by atoms with E-state index in [4.69, 9.17) is 20.2 Å². The van der Waals surface area contributed by atoms with E-state index in [0.29, 0.717) is 54.2 Å². The molecule has 2 aromatic rings. The van der Waals surface area contributed by atoms with Crippen LogP contribution in [0.25, 0.3) is 11.4 Å². The van der Waals surface area contributed by atoms with E-state index in [1.54, 1.807) is 6.92 Å². The maximum absolute atomic E-state index is 17.0. The van der Waals surface area contributed by atoms with Gasteiger partial charge in [-0.25, -0.2) is 13.2 Å². The van der Waals surface area contributed by atoms with Gasteiger partial charge in [0.1, 0.15) is 23.1 Å². The molecular formula is C37H43F3KN6O2S-. The fourth-order valence-electron chi connectivity index (χ4n) is 7.85. The van der Waals surface area contributed by atoms with Crippen LogP contribution in [0.1, 0.15) is 91.1 Å². The number of nitrogens with one attached hydrogen (secondary N) is 1. The molecule has 1 aliphatic carbocycles. The van der Waals surface area contributed by atoms with Gasteiger partial charge >= 0.3 is 51.4 Å². The van der Waals surface area contributed by atoms with E-state index in [1.807, 2.05) is 13.8 Å². The molecule has 0 radical (unpaired) electrons. The van der Waals surface area contributed by atoms with Crippen molar-refractivity contribution in [1.29, 1.82) is 5.26 Å². The molecule has 2 bridgehead atoms. The molecule has 5 aliphatic rings. The van der Waals surface area contributed by atoms with Crippen LogP contribution >= 0.6 is 11.3 Å². The zero-order valence-electron chi connectivity index (χ0n) is 29.3. The molecule has 2 atom stereocenters. The second-order valence-corrected chi connectivity index (χ2v) is 15.1. The van der Waals surface area contributed by atoms with Crippen molar-refractivity contribution in [2.24, 2.45) is 10.4 Å². The summed E-state index contributed by atoms with van der Waals surface area (Å²) in [5, 5.41) is 13.8. The summed E-state index contributed by atoms with van der Waals surface area (Å²) in [5.41, 5.74) is 10.2. The van der Waals surface area contributed by atoms with Gasteiger partial charge in [-0.3, -0.25) is 4.90 Å². The number of thiophene rings is 1. The van der Waals surface area contributed by atoms with Crippen molar-refractivity contribution in [3.63, 3.8) is 0 Å². The van der Waals surface area contributed by atoms with Crippen LogP contribution in [0.4, 0.5) is 18.2 Å². The van der Waals surface area contributed by atoms with E-state index < -0.39 is 17.8 Å². The minimum Gasteiger partial charge on any atom is -0.427 e. The van der Waals surface area contributed by atoms with Crippen LogP contribution in [0.2, 0.25) is 0 Å². The van der Waals surface area contributed by atoms with E-state index in [-0.39, 0.29) is 103 Å². The quantitative estimate of drug-likeness (QED) is 0.120. The number of rotatable bonds is 11. The summed E-state index contributed by atoms with van der Waals surface area (Å²) in [5.74, 6) is -0.534. The zero-order chi connectivity index (χ0) is 34.4. The van der Waals surface area contributed by atoms with Gasteiger partial charge < -0.3 is 30.4 Å². The molecule has 7 rings (SSSR count). The Bertz CT molecular complexity index is 1740. The normalized spacial score (nSPS) is 23.6. The Morgan fingerprint density at radius 1 is 1.24 bits per heavy atom. The number of anilines is 1. The Hall–Kier alpha value is -1.70. The van der Waals surface area contributed by atoms with Crippen molar-refractivity contribution in [3.05, 3.63) is 68.5 Å². The molecule has 1 saturated carbocycles. The molecule has 13 heteroatoms. The number of allylic oxidation sites excluding steroid dienone is 2. The van der Waals surface area contributed by atoms with Gasteiger partial charge in [-0.1, -0.05) is 29.7 Å².